The average Bonchev–Trinajstić information content (AvgIpc) is 2.63. The fraction of sp³-hybridized carbons (Fsp3) is 0.917. The van der Waals surface area contributed by atoms with Gasteiger partial charge in [-0.05, 0) is 46.7 Å². The van der Waals surface area contributed by atoms with E-state index >= 15 is 0 Å². The number of nitrogens with two attached hydrogens (primary N) is 1. The molecule has 0 aromatic rings. The van der Waals surface area contributed by atoms with Crippen LogP contribution in [0.15, 0.2) is 0 Å². The largest absolute Gasteiger partial charge is 0.480 e. The molecule has 3 N–H and O–H groups in total. The van der Waals surface area contributed by atoms with Crippen molar-refractivity contribution in [1.29, 1.82) is 0 Å². The van der Waals surface area contributed by atoms with Gasteiger partial charge in [-0.15, -0.1) is 0 Å². The predicted molar refractivity (Wildman–Crippen MR) is 65.9 cm³/mol. The van der Waals surface area contributed by atoms with Crippen LogP contribution in [-0.4, -0.2) is 53.9 Å². The molecule has 0 spiro atoms. The standard InChI is InChI=1S/C12H24N2O3/c1-9-10(5-8-17-9)14(3)7-4-6-12(2,13)11(15)16/h9-10H,4-8,13H2,1-3H3,(H,15,16). The fourth-order valence-electron chi connectivity index (χ4n) is 2.27. The highest BCUT2D eigenvalue weighted by atomic mass is 16.5. The van der Waals surface area contributed by atoms with E-state index in [0.29, 0.717) is 12.5 Å². The highest BCUT2D eigenvalue weighted by Crippen LogP contribution is 2.19. The van der Waals surface area contributed by atoms with Crippen LogP contribution in [0.3, 0.4) is 0 Å². The van der Waals surface area contributed by atoms with Gasteiger partial charge in [0.05, 0.1) is 6.10 Å². The average molecular weight is 244 g/mol. The normalized spacial score (nSPS) is 28.3. The Labute approximate surface area is 103 Å². The molecule has 1 aliphatic rings. The molecule has 0 radical (unpaired) electrons. The summed E-state index contributed by atoms with van der Waals surface area (Å²) in [5.74, 6) is -0.933. The van der Waals surface area contributed by atoms with Crippen LogP contribution in [0.1, 0.15) is 33.1 Å². The third-order valence-electron chi connectivity index (χ3n) is 3.60. The van der Waals surface area contributed by atoms with Crippen LogP contribution in [0.5, 0.6) is 0 Å². The molecule has 0 aliphatic carbocycles. The molecular weight excluding hydrogens is 220 g/mol. The van der Waals surface area contributed by atoms with Crippen molar-refractivity contribution in [2.75, 3.05) is 20.2 Å². The van der Waals surface area contributed by atoms with Crippen LogP contribution in [-0.2, 0) is 9.53 Å². The quantitative estimate of drug-likeness (QED) is 0.718. The Morgan fingerprint density at radius 2 is 2.29 bits per heavy atom. The minimum absolute atomic E-state index is 0.267. The van der Waals surface area contributed by atoms with Gasteiger partial charge in [-0.3, -0.25) is 4.79 Å². The van der Waals surface area contributed by atoms with Crippen molar-refractivity contribution in [3.8, 4) is 0 Å². The number of carbonyl (C=O) groups is 1. The number of carboxylic acids is 1. The number of carboxylic acid groups (broad SMARTS) is 1. The maximum absolute atomic E-state index is 10.8. The molecule has 1 fully saturated rings. The molecule has 0 saturated carbocycles. The first-order valence-electron chi connectivity index (χ1n) is 6.18. The smallest absolute Gasteiger partial charge is 0.323 e. The van der Waals surface area contributed by atoms with Crippen molar-refractivity contribution in [2.45, 2.75) is 50.8 Å². The number of ether oxygens (including phenoxy) is 1. The minimum Gasteiger partial charge on any atom is -0.480 e. The Kier molecular flexibility index (Phi) is 4.91. The van der Waals surface area contributed by atoms with Gasteiger partial charge in [-0.25, -0.2) is 0 Å². The second kappa shape index (κ2) is 5.80. The monoisotopic (exact) mass is 244 g/mol. The number of hydrogen-bond acceptors (Lipinski definition) is 4. The minimum atomic E-state index is -1.11. The third-order valence-corrected chi connectivity index (χ3v) is 3.60. The van der Waals surface area contributed by atoms with Gasteiger partial charge in [0.25, 0.3) is 0 Å². The number of hydrogen-bond donors (Lipinski definition) is 2. The van der Waals surface area contributed by atoms with Crippen molar-refractivity contribution < 1.29 is 14.6 Å². The summed E-state index contributed by atoms with van der Waals surface area (Å²) in [6.45, 7) is 5.33. The van der Waals surface area contributed by atoms with Crippen LogP contribution < -0.4 is 5.73 Å². The van der Waals surface area contributed by atoms with Gasteiger partial charge in [-0.2, -0.15) is 0 Å². The van der Waals surface area contributed by atoms with E-state index in [2.05, 4.69) is 18.9 Å². The van der Waals surface area contributed by atoms with Crippen molar-refractivity contribution in [1.82, 2.24) is 4.90 Å². The summed E-state index contributed by atoms with van der Waals surface area (Å²) in [5, 5.41) is 8.90. The van der Waals surface area contributed by atoms with Crippen LogP contribution in [0.2, 0.25) is 0 Å². The van der Waals surface area contributed by atoms with Crippen molar-refractivity contribution in [3.05, 3.63) is 0 Å². The van der Waals surface area contributed by atoms with E-state index in [-0.39, 0.29) is 6.10 Å². The summed E-state index contributed by atoms with van der Waals surface area (Å²) < 4.78 is 5.51. The number of aliphatic carboxylic acids is 1. The molecule has 1 rings (SSSR count). The SMILES string of the molecule is CC1OCCC1N(C)CCCC(C)(N)C(=O)O. The second-order valence-electron chi connectivity index (χ2n) is 5.24. The van der Waals surface area contributed by atoms with Gasteiger partial charge in [0.1, 0.15) is 5.54 Å². The number of likely N-dealkylation sites (N-methyl/N-ethyl adjacent to an activating group) is 1. The van der Waals surface area contributed by atoms with Gasteiger partial charge in [0.2, 0.25) is 0 Å². The Morgan fingerprint density at radius 3 is 2.76 bits per heavy atom. The molecule has 0 bridgehead atoms. The van der Waals surface area contributed by atoms with Gasteiger partial charge < -0.3 is 20.5 Å². The zero-order valence-electron chi connectivity index (χ0n) is 11.0. The van der Waals surface area contributed by atoms with E-state index < -0.39 is 11.5 Å². The van der Waals surface area contributed by atoms with Crippen LogP contribution in [0, 0.1) is 0 Å². The van der Waals surface area contributed by atoms with E-state index in [1.54, 1.807) is 6.92 Å². The Morgan fingerprint density at radius 1 is 1.65 bits per heavy atom. The molecule has 1 heterocycles. The zero-order valence-corrected chi connectivity index (χ0v) is 11.0. The van der Waals surface area contributed by atoms with Gasteiger partial charge in [-0.1, -0.05) is 0 Å². The molecule has 1 saturated heterocycles. The topological polar surface area (TPSA) is 75.8 Å². The first kappa shape index (κ1) is 14.4. The lowest BCUT2D eigenvalue weighted by molar-refractivity contribution is -0.143. The Bertz CT molecular complexity index is 268. The molecule has 17 heavy (non-hydrogen) atoms. The van der Waals surface area contributed by atoms with Crippen LogP contribution >= 0.6 is 0 Å². The van der Waals surface area contributed by atoms with E-state index in [4.69, 9.17) is 15.6 Å². The second-order valence-corrected chi connectivity index (χ2v) is 5.24. The number of nitrogens with zero attached hydrogens (tertiary/aromatic N) is 1. The zero-order chi connectivity index (χ0) is 13.1. The van der Waals surface area contributed by atoms with Crippen LogP contribution in [0.25, 0.3) is 0 Å². The highest BCUT2D eigenvalue weighted by Gasteiger charge is 2.30. The van der Waals surface area contributed by atoms with E-state index in [0.717, 1.165) is 26.0 Å². The summed E-state index contributed by atoms with van der Waals surface area (Å²) in [6, 6.07) is 0.448. The third kappa shape index (κ3) is 3.94. The molecule has 100 valence electrons. The summed E-state index contributed by atoms with van der Waals surface area (Å²) in [5.41, 5.74) is 4.57. The first-order valence-corrected chi connectivity index (χ1v) is 6.18. The molecule has 3 atom stereocenters. The molecule has 3 unspecified atom stereocenters. The van der Waals surface area contributed by atoms with Crippen molar-refractivity contribution in [3.63, 3.8) is 0 Å². The molecule has 0 aromatic heterocycles. The Balaban J connectivity index is 2.29. The lowest BCUT2D eigenvalue weighted by atomic mass is 9.97. The molecule has 0 amide bonds. The van der Waals surface area contributed by atoms with Gasteiger partial charge in [0, 0.05) is 12.6 Å². The lowest BCUT2D eigenvalue weighted by Crippen LogP contribution is -2.45. The van der Waals surface area contributed by atoms with E-state index in [1.807, 2.05) is 0 Å². The van der Waals surface area contributed by atoms with Gasteiger partial charge >= 0.3 is 5.97 Å². The summed E-state index contributed by atoms with van der Waals surface area (Å²) in [7, 11) is 2.06. The Hall–Kier alpha value is -0.650. The number of rotatable bonds is 6. The lowest BCUT2D eigenvalue weighted by Gasteiger charge is -2.27. The molecule has 0 aromatic carbocycles. The molecule has 5 heteroatoms. The van der Waals surface area contributed by atoms with E-state index in [9.17, 15) is 4.79 Å². The summed E-state index contributed by atoms with van der Waals surface area (Å²) in [4.78, 5) is 13.1. The molecule has 5 nitrogen and oxygen atoms in total. The first-order chi connectivity index (χ1) is 7.84. The fourth-order valence-corrected chi connectivity index (χ4v) is 2.27. The van der Waals surface area contributed by atoms with Crippen molar-refractivity contribution in [2.24, 2.45) is 5.73 Å². The van der Waals surface area contributed by atoms with E-state index in [1.165, 1.54) is 0 Å². The van der Waals surface area contributed by atoms with Gasteiger partial charge in [0.15, 0.2) is 0 Å². The predicted octanol–water partition coefficient (Wildman–Crippen LogP) is 0.678. The summed E-state index contributed by atoms with van der Waals surface area (Å²) in [6.07, 6.45) is 2.60. The molecule has 1 aliphatic heterocycles. The summed E-state index contributed by atoms with van der Waals surface area (Å²) >= 11 is 0. The highest BCUT2D eigenvalue weighted by molar-refractivity contribution is 5.77. The maximum atomic E-state index is 10.8. The molecular formula is C12H24N2O3. The maximum Gasteiger partial charge on any atom is 0.323 e. The van der Waals surface area contributed by atoms with Crippen LogP contribution in [0.4, 0.5) is 0 Å². The van der Waals surface area contributed by atoms with Crippen molar-refractivity contribution >= 4 is 5.97 Å².